The Morgan fingerprint density at radius 3 is 1.86 bits per heavy atom. The summed E-state index contributed by atoms with van der Waals surface area (Å²) in [5.41, 5.74) is 0.881. The molecule has 6 heteroatoms. The van der Waals surface area contributed by atoms with Gasteiger partial charge in [0.1, 0.15) is 5.66 Å². The van der Waals surface area contributed by atoms with Gasteiger partial charge < -0.3 is 4.89 Å². The first-order chi connectivity index (χ1) is 17.2. The molecule has 0 spiro atoms. The van der Waals surface area contributed by atoms with Crippen LogP contribution in [0.4, 0.5) is 0 Å². The lowest BCUT2D eigenvalue weighted by atomic mass is 10.0. The molecule has 186 valence electrons. The largest absolute Gasteiger partial charge is 0.640 e. The van der Waals surface area contributed by atoms with Gasteiger partial charge in [-0.2, -0.15) is 4.67 Å². The van der Waals surface area contributed by atoms with E-state index in [1.165, 1.54) is 15.8 Å². The summed E-state index contributed by atoms with van der Waals surface area (Å²) >= 11 is 0. The van der Waals surface area contributed by atoms with Crippen molar-refractivity contribution >= 4 is 34.5 Å². The summed E-state index contributed by atoms with van der Waals surface area (Å²) in [7, 11) is -4.03. The van der Waals surface area contributed by atoms with E-state index in [9.17, 15) is 0 Å². The van der Waals surface area contributed by atoms with E-state index < -0.39 is 29.2 Å². The Bertz CT molecular complexity index is 1220. The van der Waals surface area contributed by atoms with Crippen molar-refractivity contribution in [1.82, 2.24) is 4.67 Å². The molecule has 0 saturated carbocycles. The van der Waals surface area contributed by atoms with Crippen LogP contribution >= 0.6 is 15.8 Å². The van der Waals surface area contributed by atoms with E-state index in [2.05, 4.69) is 134 Å². The van der Waals surface area contributed by atoms with Crippen LogP contribution in [0.5, 0.6) is 0 Å². The second kappa shape index (κ2) is 9.76. The summed E-state index contributed by atoms with van der Waals surface area (Å²) < 4.78 is 9.35. The number of allylic oxidation sites excluding steroid dienone is 4. The van der Waals surface area contributed by atoms with Gasteiger partial charge in [0, 0.05) is 15.0 Å². The number of benzene rings is 3. The van der Waals surface area contributed by atoms with Gasteiger partial charge in [-0.15, -0.1) is 0 Å². The average molecular weight is 532 g/mol. The zero-order valence-electron chi connectivity index (χ0n) is 21.7. The molecule has 3 aromatic rings. The normalized spacial score (nSPS) is 28.6. The molecule has 1 aliphatic carbocycles. The lowest BCUT2D eigenvalue weighted by Crippen LogP contribution is -2.43. The maximum absolute atomic E-state index is 15.2. The van der Waals surface area contributed by atoms with Crippen LogP contribution in [-0.2, 0) is 9.87 Å². The van der Waals surface area contributed by atoms with Crippen molar-refractivity contribution in [1.29, 1.82) is 0 Å². The minimum Gasteiger partial charge on any atom is -0.640 e. The van der Waals surface area contributed by atoms with Crippen molar-refractivity contribution in [2.45, 2.75) is 43.6 Å². The highest BCUT2D eigenvalue weighted by Crippen LogP contribution is 2.78. The fourth-order valence-electron chi connectivity index (χ4n) is 5.55. The van der Waals surface area contributed by atoms with Gasteiger partial charge in [-0.05, 0) is 34.4 Å². The van der Waals surface area contributed by atoms with Crippen LogP contribution in [0.25, 0.3) is 0 Å². The van der Waals surface area contributed by atoms with Gasteiger partial charge in [-0.1, -0.05) is 123 Å². The fourth-order valence-corrected chi connectivity index (χ4v) is 15.2. The third kappa shape index (κ3) is 4.19. The van der Waals surface area contributed by atoms with Crippen LogP contribution in [0, 0.1) is 0 Å². The Balaban J connectivity index is 1.75. The van der Waals surface area contributed by atoms with Gasteiger partial charge in [0.2, 0.25) is 0 Å². The summed E-state index contributed by atoms with van der Waals surface area (Å²) in [5.74, 6) is 0. The molecule has 3 aromatic carbocycles. The van der Waals surface area contributed by atoms with E-state index in [-0.39, 0.29) is 11.7 Å². The molecule has 0 radical (unpaired) electrons. The molecule has 36 heavy (non-hydrogen) atoms. The summed E-state index contributed by atoms with van der Waals surface area (Å²) in [5, 5.41) is 2.97. The quantitative estimate of drug-likeness (QED) is 0.281. The molecule has 1 aliphatic heterocycles. The van der Waals surface area contributed by atoms with Gasteiger partial charge in [0.05, 0.1) is 14.1 Å². The lowest BCUT2D eigenvalue weighted by Gasteiger charge is -2.40. The van der Waals surface area contributed by atoms with E-state index in [1.807, 2.05) is 13.1 Å². The molecule has 0 bridgehead atoms. The second-order valence-electron chi connectivity index (χ2n) is 10.7. The van der Waals surface area contributed by atoms with Crippen molar-refractivity contribution in [2.24, 2.45) is 0 Å². The minimum absolute atomic E-state index is 0.103. The van der Waals surface area contributed by atoms with Gasteiger partial charge in [0.25, 0.3) is 0 Å². The topological polar surface area (TPSA) is 35.5 Å². The van der Waals surface area contributed by atoms with Crippen molar-refractivity contribution < 1.29 is 9.42 Å². The van der Waals surface area contributed by atoms with E-state index in [0.717, 1.165) is 5.56 Å². The zero-order valence-corrected chi connectivity index (χ0v) is 24.5. The number of nitrogens with zero attached hydrogens (tertiary/aromatic N) is 1. The van der Waals surface area contributed by atoms with Gasteiger partial charge >= 0.3 is 0 Å². The first-order valence-corrected chi connectivity index (χ1v) is 19.1. The molecule has 0 amide bonds. The van der Waals surface area contributed by atoms with Crippen molar-refractivity contribution in [3.05, 3.63) is 120 Å². The van der Waals surface area contributed by atoms with Crippen LogP contribution in [0.15, 0.2) is 114 Å². The van der Waals surface area contributed by atoms with E-state index in [4.69, 9.17) is 4.52 Å². The SMILES string of the molecule is C[C@@H]1N(C)[P+]([O-])(C2C=CC=C2[Si](C)(C)C)O[C@@]1(c1ccccc1)P(c1ccccc1)c1ccccc1. The van der Waals surface area contributed by atoms with Crippen molar-refractivity contribution in [3.8, 4) is 0 Å². The van der Waals surface area contributed by atoms with Crippen LogP contribution in [0.2, 0.25) is 19.6 Å². The van der Waals surface area contributed by atoms with Gasteiger partial charge in [-0.3, -0.25) is 0 Å². The molecule has 0 aromatic heterocycles. The lowest BCUT2D eigenvalue weighted by molar-refractivity contribution is -0.202. The van der Waals surface area contributed by atoms with E-state index >= 15 is 4.89 Å². The monoisotopic (exact) mass is 531 g/mol. The number of hydrogen-bond acceptors (Lipinski definition) is 3. The van der Waals surface area contributed by atoms with Crippen LogP contribution in [0.3, 0.4) is 0 Å². The summed E-state index contributed by atoms with van der Waals surface area (Å²) in [6, 6.07) is 31.7. The standard InChI is InChI=1S/C30H35NO2P2Si/c1-24-30(25-16-9-6-10-17-25,34(26-18-11-7-12-19-26)27-20-13-8-14-21-27)33-35(32,31(24)2)28-22-15-23-29(28)36(3,4)5/h6-24,28H,1-5H3/t24-,28?,30+,35?/m0/s1. The first kappa shape index (κ1) is 25.7. The highest BCUT2D eigenvalue weighted by Gasteiger charge is 2.67. The Morgan fingerprint density at radius 2 is 1.36 bits per heavy atom. The Labute approximate surface area is 218 Å². The molecule has 1 heterocycles. The average Bonchev–Trinajstić information content (AvgIpc) is 3.47. The van der Waals surface area contributed by atoms with Gasteiger partial charge in [-0.25, -0.2) is 4.52 Å². The molecular formula is C30H35NO2P2Si. The van der Waals surface area contributed by atoms with E-state index in [0.29, 0.717) is 0 Å². The minimum atomic E-state index is -3.27. The molecule has 5 rings (SSSR count). The predicted molar refractivity (Wildman–Crippen MR) is 157 cm³/mol. The molecule has 2 unspecified atom stereocenters. The summed E-state index contributed by atoms with van der Waals surface area (Å²) in [6.45, 7) is 9.19. The first-order valence-electron chi connectivity index (χ1n) is 12.6. The molecular weight excluding hydrogens is 496 g/mol. The Morgan fingerprint density at radius 1 is 0.861 bits per heavy atom. The predicted octanol–water partition coefficient (Wildman–Crippen LogP) is 6.19. The Kier molecular flexibility index (Phi) is 6.98. The number of likely N-dealkylation sites (N-methyl/N-ethyl adjacent to an activating group) is 1. The second-order valence-corrected chi connectivity index (χ2v) is 20.6. The Hall–Kier alpha value is -1.90. The molecule has 1 fully saturated rings. The van der Waals surface area contributed by atoms with Crippen LogP contribution < -0.4 is 15.5 Å². The summed E-state index contributed by atoms with van der Waals surface area (Å²) in [6.07, 6.45) is 6.39. The highest BCUT2D eigenvalue weighted by molar-refractivity contribution is 7.75. The molecule has 4 atom stereocenters. The third-order valence-electron chi connectivity index (χ3n) is 7.49. The van der Waals surface area contributed by atoms with Crippen LogP contribution in [0.1, 0.15) is 12.5 Å². The summed E-state index contributed by atoms with van der Waals surface area (Å²) in [4.78, 5) is 15.2. The molecule has 2 aliphatic rings. The third-order valence-corrected chi connectivity index (χ3v) is 16.0. The smallest absolute Gasteiger partial charge is 0.186 e. The van der Waals surface area contributed by atoms with Crippen molar-refractivity contribution in [3.63, 3.8) is 0 Å². The molecule has 1 saturated heterocycles. The highest BCUT2D eigenvalue weighted by atomic mass is 31.2. The maximum atomic E-state index is 15.2. The fraction of sp³-hybridized carbons (Fsp3) is 0.267. The zero-order chi connectivity index (χ0) is 25.6. The number of hydrogen-bond donors (Lipinski definition) is 0. The number of rotatable bonds is 6. The van der Waals surface area contributed by atoms with E-state index in [1.54, 1.807) is 0 Å². The van der Waals surface area contributed by atoms with Gasteiger partial charge in [0.15, 0.2) is 13.2 Å². The van der Waals surface area contributed by atoms with Crippen molar-refractivity contribution in [2.75, 3.05) is 7.05 Å². The van der Waals surface area contributed by atoms with Crippen LogP contribution in [-0.4, -0.2) is 31.5 Å². The maximum Gasteiger partial charge on any atom is 0.186 e. The molecule has 3 nitrogen and oxygen atoms in total. The molecule has 0 N–H and O–H groups in total.